The van der Waals surface area contributed by atoms with Gasteiger partial charge in [-0.1, -0.05) is 38.1 Å². The maximum Gasteiger partial charge on any atom is 0.268 e. The van der Waals surface area contributed by atoms with Gasteiger partial charge in [0, 0.05) is 32.2 Å². The Bertz CT molecular complexity index is 766. The van der Waals surface area contributed by atoms with Crippen LogP contribution < -0.4 is 10.9 Å². The summed E-state index contributed by atoms with van der Waals surface area (Å²) in [6.45, 7) is 6.48. The number of hydrogen-bond acceptors (Lipinski definition) is 4. The molecule has 5 heteroatoms. The van der Waals surface area contributed by atoms with Crippen LogP contribution in [0.2, 0.25) is 0 Å². The van der Waals surface area contributed by atoms with Crippen LogP contribution in [0.3, 0.4) is 0 Å². The lowest BCUT2D eigenvalue weighted by Gasteiger charge is -2.36. The fourth-order valence-corrected chi connectivity index (χ4v) is 3.60. The van der Waals surface area contributed by atoms with E-state index in [0.717, 1.165) is 25.2 Å². The zero-order chi connectivity index (χ0) is 18.0. The van der Waals surface area contributed by atoms with E-state index >= 15 is 0 Å². The predicted molar refractivity (Wildman–Crippen MR) is 102 cm³/mol. The first-order valence-corrected chi connectivity index (χ1v) is 9.00. The molecule has 0 radical (unpaired) electrons. The summed E-state index contributed by atoms with van der Waals surface area (Å²) in [5.74, 6) is 1.06. The fraction of sp³-hybridized carbons (Fsp3) is 0.500. The molecule has 2 heterocycles. The molecular formula is C20H28N4O. The topological polar surface area (TPSA) is 50.2 Å². The predicted octanol–water partition coefficient (Wildman–Crippen LogP) is 2.80. The van der Waals surface area contributed by atoms with Gasteiger partial charge in [-0.2, -0.15) is 5.10 Å². The standard InChI is InChI=1S/C20H28N4O/c1-14(2)15-5-7-16(8-6-15)17-9-19(13-23(3)12-17)22-18-10-20(25)24(4)21-11-18/h5-8,10-11,14,17,19,22H,9,12-13H2,1-4H3. The molecule has 2 aromatic rings. The molecule has 5 nitrogen and oxygen atoms in total. The van der Waals surface area contributed by atoms with Crippen molar-refractivity contribution in [3.05, 3.63) is 58.0 Å². The van der Waals surface area contributed by atoms with Crippen LogP contribution in [-0.4, -0.2) is 40.9 Å². The minimum Gasteiger partial charge on any atom is -0.380 e. The summed E-state index contributed by atoms with van der Waals surface area (Å²) in [6, 6.07) is 11.0. The minimum atomic E-state index is -0.0880. The van der Waals surface area contributed by atoms with Gasteiger partial charge in [0.2, 0.25) is 0 Å². The van der Waals surface area contributed by atoms with E-state index in [1.54, 1.807) is 19.3 Å². The highest BCUT2D eigenvalue weighted by molar-refractivity contribution is 5.40. The number of piperidine rings is 1. The molecule has 2 atom stereocenters. The van der Waals surface area contributed by atoms with E-state index in [1.807, 2.05) is 0 Å². The Morgan fingerprint density at radius 1 is 1.16 bits per heavy atom. The Labute approximate surface area is 149 Å². The van der Waals surface area contributed by atoms with Gasteiger partial charge in [-0.3, -0.25) is 4.79 Å². The Balaban J connectivity index is 1.72. The maximum atomic E-state index is 11.8. The molecule has 1 aromatic carbocycles. The minimum absolute atomic E-state index is 0.0880. The molecule has 1 fully saturated rings. The van der Waals surface area contributed by atoms with E-state index < -0.39 is 0 Å². The van der Waals surface area contributed by atoms with Gasteiger partial charge in [-0.05, 0) is 36.4 Å². The summed E-state index contributed by atoms with van der Waals surface area (Å²) < 4.78 is 1.34. The van der Waals surface area contributed by atoms with Crippen molar-refractivity contribution in [2.75, 3.05) is 25.5 Å². The van der Waals surface area contributed by atoms with Gasteiger partial charge in [-0.25, -0.2) is 4.68 Å². The average Bonchev–Trinajstić information content (AvgIpc) is 2.58. The Hall–Kier alpha value is -2.14. The van der Waals surface area contributed by atoms with Gasteiger partial charge in [0.25, 0.3) is 5.56 Å². The number of benzene rings is 1. The van der Waals surface area contributed by atoms with Crippen LogP contribution in [0.15, 0.2) is 41.3 Å². The van der Waals surface area contributed by atoms with E-state index in [9.17, 15) is 4.79 Å². The third-order valence-electron chi connectivity index (χ3n) is 5.05. The SMILES string of the molecule is CC(C)c1ccc(C2CC(Nc3cnn(C)c(=O)c3)CN(C)C2)cc1. The highest BCUT2D eigenvalue weighted by Crippen LogP contribution is 2.29. The Kier molecular flexibility index (Phi) is 5.23. The van der Waals surface area contributed by atoms with Crippen LogP contribution in [0.1, 0.15) is 43.2 Å². The zero-order valence-electron chi connectivity index (χ0n) is 15.6. The fourth-order valence-electron chi connectivity index (χ4n) is 3.60. The summed E-state index contributed by atoms with van der Waals surface area (Å²) in [4.78, 5) is 14.1. The number of hydrogen-bond donors (Lipinski definition) is 1. The van der Waals surface area contributed by atoms with Crippen molar-refractivity contribution in [2.24, 2.45) is 7.05 Å². The lowest BCUT2D eigenvalue weighted by Crippen LogP contribution is -2.43. The molecule has 1 aliphatic rings. The number of rotatable bonds is 4. The second-order valence-corrected chi connectivity index (χ2v) is 7.52. The molecule has 0 amide bonds. The first kappa shape index (κ1) is 17.7. The quantitative estimate of drug-likeness (QED) is 0.930. The summed E-state index contributed by atoms with van der Waals surface area (Å²) in [6.07, 6.45) is 2.78. The number of nitrogens with one attached hydrogen (secondary N) is 1. The molecule has 0 spiro atoms. The number of likely N-dealkylation sites (tertiary alicyclic amines) is 1. The lowest BCUT2D eigenvalue weighted by molar-refractivity contribution is 0.235. The second-order valence-electron chi connectivity index (χ2n) is 7.52. The molecule has 1 saturated heterocycles. The Morgan fingerprint density at radius 2 is 1.88 bits per heavy atom. The van der Waals surface area contributed by atoms with Crippen LogP contribution in [0.5, 0.6) is 0 Å². The molecule has 25 heavy (non-hydrogen) atoms. The van der Waals surface area contributed by atoms with Gasteiger partial charge in [-0.15, -0.1) is 0 Å². The van der Waals surface area contributed by atoms with Gasteiger partial charge >= 0.3 is 0 Å². The highest BCUT2D eigenvalue weighted by Gasteiger charge is 2.26. The molecule has 0 bridgehead atoms. The highest BCUT2D eigenvalue weighted by atomic mass is 16.1. The normalized spacial score (nSPS) is 21.5. The largest absolute Gasteiger partial charge is 0.380 e. The average molecular weight is 340 g/mol. The van der Waals surface area contributed by atoms with Crippen LogP contribution in [0.25, 0.3) is 0 Å². The smallest absolute Gasteiger partial charge is 0.268 e. The van der Waals surface area contributed by atoms with Crippen molar-refractivity contribution in [1.29, 1.82) is 0 Å². The van der Waals surface area contributed by atoms with Crippen molar-refractivity contribution in [1.82, 2.24) is 14.7 Å². The third-order valence-corrected chi connectivity index (χ3v) is 5.05. The van der Waals surface area contributed by atoms with Crippen molar-refractivity contribution in [2.45, 2.75) is 38.1 Å². The third kappa shape index (κ3) is 4.28. The summed E-state index contributed by atoms with van der Waals surface area (Å²) in [5, 5.41) is 7.59. The van der Waals surface area contributed by atoms with Gasteiger partial charge < -0.3 is 10.2 Å². The molecule has 1 N–H and O–H groups in total. The van der Waals surface area contributed by atoms with Crippen LogP contribution >= 0.6 is 0 Å². The molecule has 3 rings (SSSR count). The first-order chi connectivity index (χ1) is 11.9. The molecule has 1 aromatic heterocycles. The number of aryl methyl sites for hydroxylation is 1. The molecule has 0 saturated carbocycles. The first-order valence-electron chi connectivity index (χ1n) is 9.00. The van der Waals surface area contributed by atoms with Gasteiger partial charge in [0.15, 0.2) is 0 Å². The van der Waals surface area contributed by atoms with Crippen molar-refractivity contribution in [3.8, 4) is 0 Å². The van der Waals surface area contributed by atoms with Crippen LogP contribution in [0.4, 0.5) is 5.69 Å². The van der Waals surface area contributed by atoms with Gasteiger partial charge in [0.1, 0.15) is 0 Å². The van der Waals surface area contributed by atoms with E-state index in [-0.39, 0.29) is 5.56 Å². The van der Waals surface area contributed by atoms with Crippen molar-refractivity contribution in [3.63, 3.8) is 0 Å². The van der Waals surface area contributed by atoms with Crippen molar-refractivity contribution >= 4 is 5.69 Å². The van der Waals surface area contributed by atoms with E-state index in [1.165, 1.54) is 15.8 Å². The van der Waals surface area contributed by atoms with Gasteiger partial charge in [0.05, 0.1) is 11.9 Å². The second kappa shape index (κ2) is 7.40. The summed E-state index contributed by atoms with van der Waals surface area (Å²) in [5.41, 5.74) is 3.49. The molecular weight excluding hydrogens is 312 g/mol. The van der Waals surface area contributed by atoms with Crippen LogP contribution in [0, 0.1) is 0 Å². The number of nitrogens with zero attached hydrogens (tertiary/aromatic N) is 3. The van der Waals surface area contributed by atoms with E-state index in [2.05, 4.69) is 60.5 Å². The lowest BCUT2D eigenvalue weighted by atomic mass is 9.87. The molecule has 134 valence electrons. The Morgan fingerprint density at radius 3 is 2.52 bits per heavy atom. The summed E-state index contributed by atoms with van der Waals surface area (Å²) >= 11 is 0. The number of anilines is 1. The molecule has 0 aliphatic carbocycles. The number of likely N-dealkylation sites (N-methyl/N-ethyl adjacent to an activating group) is 1. The summed E-state index contributed by atoms with van der Waals surface area (Å²) in [7, 11) is 3.82. The maximum absolute atomic E-state index is 11.8. The zero-order valence-corrected chi connectivity index (χ0v) is 15.6. The monoisotopic (exact) mass is 340 g/mol. The molecule has 2 unspecified atom stereocenters. The van der Waals surface area contributed by atoms with Crippen LogP contribution in [-0.2, 0) is 7.05 Å². The van der Waals surface area contributed by atoms with E-state index in [0.29, 0.717) is 17.9 Å². The molecule has 1 aliphatic heterocycles. The van der Waals surface area contributed by atoms with E-state index in [4.69, 9.17) is 0 Å². The number of aromatic nitrogens is 2. The van der Waals surface area contributed by atoms with Crippen molar-refractivity contribution < 1.29 is 0 Å².